The first-order valence-corrected chi connectivity index (χ1v) is 7.64. The Balaban J connectivity index is 1.96. The molecule has 0 bridgehead atoms. The zero-order chi connectivity index (χ0) is 15.9. The third kappa shape index (κ3) is 2.70. The van der Waals surface area contributed by atoms with E-state index < -0.39 is 12.0 Å². The standard InChI is InChI=1S/C16H20FN3O2/c1-3-19-14-7-4-11(17)8-13(14)18-15(19)9-20(12-5-6-12)10(2)16(21)22/h4,7-8,10,12H,3,5-6,9H2,1-2H3,(H,21,22)/t10-/m0/s1. The second kappa shape index (κ2) is 5.68. The number of halogens is 1. The van der Waals surface area contributed by atoms with E-state index in [1.54, 1.807) is 13.0 Å². The lowest BCUT2D eigenvalue weighted by Crippen LogP contribution is -2.40. The quantitative estimate of drug-likeness (QED) is 0.891. The van der Waals surface area contributed by atoms with Gasteiger partial charge in [0.2, 0.25) is 0 Å². The molecule has 0 radical (unpaired) electrons. The molecule has 0 amide bonds. The van der Waals surface area contributed by atoms with Crippen LogP contribution in [0.4, 0.5) is 4.39 Å². The van der Waals surface area contributed by atoms with Crippen molar-refractivity contribution in [2.45, 2.75) is 51.9 Å². The van der Waals surface area contributed by atoms with Gasteiger partial charge in [0.05, 0.1) is 17.6 Å². The number of hydrogen-bond acceptors (Lipinski definition) is 3. The molecular weight excluding hydrogens is 285 g/mol. The molecule has 1 saturated carbocycles. The first-order chi connectivity index (χ1) is 10.5. The highest BCUT2D eigenvalue weighted by Gasteiger charge is 2.35. The van der Waals surface area contributed by atoms with E-state index in [9.17, 15) is 14.3 Å². The zero-order valence-electron chi connectivity index (χ0n) is 12.8. The first-order valence-electron chi connectivity index (χ1n) is 7.64. The summed E-state index contributed by atoms with van der Waals surface area (Å²) in [6, 6.07) is 4.35. The Hall–Kier alpha value is -1.95. The van der Waals surface area contributed by atoms with Crippen molar-refractivity contribution in [2.75, 3.05) is 0 Å². The Morgan fingerprint density at radius 1 is 1.55 bits per heavy atom. The molecule has 0 saturated heterocycles. The lowest BCUT2D eigenvalue weighted by Gasteiger charge is -2.25. The Morgan fingerprint density at radius 2 is 2.27 bits per heavy atom. The Kier molecular flexibility index (Phi) is 3.87. The molecule has 0 aliphatic heterocycles. The van der Waals surface area contributed by atoms with Crippen LogP contribution >= 0.6 is 0 Å². The molecule has 22 heavy (non-hydrogen) atoms. The van der Waals surface area contributed by atoms with E-state index in [4.69, 9.17) is 0 Å². The summed E-state index contributed by atoms with van der Waals surface area (Å²) in [7, 11) is 0. The Morgan fingerprint density at radius 3 is 2.86 bits per heavy atom. The van der Waals surface area contributed by atoms with Crippen LogP contribution in [-0.2, 0) is 17.9 Å². The van der Waals surface area contributed by atoms with Gasteiger partial charge in [0.25, 0.3) is 0 Å². The van der Waals surface area contributed by atoms with Crippen molar-refractivity contribution >= 4 is 17.0 Å². The summed E-state index contributed by atoms with van der Waals surface area (Å²) >= 11 is 0. The van der Waals surface area contributed by atoms with E-state index >= 15 is 0 Å². The molecule has 6 heteroatoms. The van der Waals surface area contributed by atoms with Crippen LogP contribution in [0.2, 0.25) is 0 Å². The van der Waals surface area contributed by atoms with Gasteiger partial charge in [-0.05, 0) is 38.8 Å². The Labute approximate surface area is 128 Å². The summed E-state index contributed by atoms with van der Waals surface area (Å²) < 4.78 is 15.4. The summed E-state index contributed by atoms with van der Waals surface area (Å²) in [5, 5.41) is 9.29. The maximum Gasteiger partial charge on any atom is 0.320 e. The molecule has 1 aromatic heterocycles. The molecule has 3 rings (SSSR count). The largest absolute Gasteiger partial charge is 0.480 e. The van der Waals surface area contributed by atoms with Gasteiger partial charge >= 0.3 is 5.97 Å². The molecule has 1 atom stereocenters. The van der Waals surface area contributed by atoms with Gasteiger partial charge in [-0.2, -0.15) is 0 Å². The summed E-state index contributed by atoms with van der Waals surface area (Å²) in [5.74, 6) is -0.335. The van der Waals surface area contributed by atoms with Crippen molar-refractivity contribution in [2.24, 2.45) is 0 Å². The van der Waals surface area contributed by atoms with Crippen molar-refractivity contribution in [3.8, 4) is 0 Å². The normalized spacial score (nSPS) is 16.4. The second-order valence-corrected chi connectivity index (χ2v) is 5.82. The molecule has 1 aromatic carbocycles. The van der Waals surface area contributed by atoms with E-state index in [1.165, 1.54) is 12.1 Å². The van der Waals surface area contributed by atoms with Crippen molar-refractivity contribution in [3.05, 3.63) is 29.8 Å². The van der Waals surface area contributed by atoms with Crippen LogP contribution in [0.3, 0.4) is 0 Å². The third-order valence-corrected chi connectivity index (χ3v) is 4.30. The fourth-order valence-corrected chi connectivity index (χ4v) is 2.92. The van der Waals surface area contributed by atoms with Crippen molar-refractivity contribution in [3.63, 3.8) is 0 Å². The number of hydrogen-bond donors (Lipinski definition) is 1. The van der Waals surface area contributed by atoms with Crippen molar-refractivity contribution in [1.82, 2.24) is 14.5 Å². The molecule has 118 valence electrons. The van der Waals surface area contributed by atoms with Gasteiger partial charge in [0.15, 0.2) is 0 Å². The SMILES string of the molecule is CCn1c(CN(C2CC2)[C@@H](C)C(=O)O)nc2cc(F)ccc21. The van der Waals surface area contributed by atoms with Gasteiger partial charge < -0.3 is 9.67 Å². The van der Waals surface area contributed by atoms with Crippen molar-refractivity contribution < 1.29 is 14.3 Å². The van der Waals surface area contributed by atoms with Gasteiger partial charge in [-0.15, -0.1) is 0 Å². The minimum Gasteiger partial charge on any atom is -0.480 e. The highest BCUT2D eigenvalue weighted by atomic mass is 19.1. The number of fused-ring (bicyclic) bond motifs is 1. The number of aliphatic carboxylic acids is 1. The predicted octanol–water partition coefficient (Wildman–Crippen LogP) is 2.63. The van der Waals surface area contributed by atoms with Crippen LogP contribution < -0.4 is 0 Å². The number of carboxylic acids is 1. The third-order valence-electron chi connectivity index (χ3n) is 4.30. The second-order valence-electron chi connectivity index (χ2n) is 5.82. The van der Waals surface area contributed by atoms with Gasteiger partial charge in [0, 0.05) is 18.7 Å². The van der Waals surface area contributed by atoms with Crippen LogP contribution in [0.5, 0.6) is 0 Å². The molecule has 1 aliphatic carbocycles. The topological polar surface area (TPSA) is 58.4 Å². The predicted molar refractivity (Wildman–Crippen MR) is 81.0 cm³/mol. The van der Waals surface area contributed by atoms with Gasteiger partial charge in [0.1, 0.15) is 17.7 Å². The smallest absolute Gasteiger partial charge is 0.320 e. The molecular formula is C16H20FN3O2. The lowest BCUT2D eigenvalue weighted by atomic mass is 10.2. The van der Waals surface area contributed by atoms with E-state index in [-0.39, 0.29) is 5.82 Å². The highest BCUT2D eigenvalue weighted by molar-refractivity contribution is 5.76. The number of carbonyl (C=O) groups is 1. The van der Waals surface area contributed by atoms with E-state index in [0.717, 1.165) is 30.7 Å². The summed E-state index contributed by atoms with van der Waals surface area (Å²) in [5.41, 5.74) is 1.51. The fourth-order valence-electron chi connectivity index (χ4n) is 2.92. The number of rotatable bonds is 6. The number of benzene rings is 1. The molecule has 5 nitrogen and oxygen atoms in total. The molecule has 2 aromatic rings. The highest BCUT2D eigenvalue weighted by Crippen LogP contribution is 2.31. The fraction of sp³-hybridized carbons (Fsp3) is 0.500. The monoisotopic (exact) mass is 305 g/mol. The molecule has 1 N–H and O–H groups in total. The molecule has 0 unspecified atom stereocenters. The Bertz CT molecular complexity index is 709. The van der Waals surface area contributed by atoms with Crippen LogP contribution in [0.1, 0.15) is 32.5 Å². The number of aryl methyl sites for hydroxylation is 1. The average molecular weight is 305 g/mol. The van der Waals surface area contributed by atoms with Gasteiger partial charge in [-0.25, -0.2) is 9.37 Å². The number of nitrogens with zero attached hydrogens (tertiary/aromatic N) is 3. The van der Waals surface area contributed by atoms with Gasteiger partial charge in [-0.3, -0.25) is 9.69 Å². The summed E-state index contributed by atoms with van der Waals surface area (Å²) in [4.78, 5) is 17.8. The maximum atomic E-state index is 13.4. The zero-order valence-corrected chi connectivity index (χ0v) is 12.8. The molecule has 1 aliphatic rings. The van der Waals surface area contributed by atoms with E-state index in [2.05, 4.69) is 4.98 Å². The summed E-state index contributed by atoms with van der Waals surface area (Å²) in [6.45, 7) is 4.91. The minimum absolute atomic E-state index is 0.308. The number of aromatic nitrogens is 2. The molecule has 1 heterocycles. The average Bonchev–Trinajstić information content (AvgIpc) is 3.25. The molecule has 1 fully saturated rings. The van der Waals surface area contributed by atoms with Crippen LogP contribution in [0.15, 0.2) is 18.2 Å². The number of carboxylic acid groups (broad SMARTS) is 1. The van der Waals surface area contributed by atoms with E-state index in [0.29, 0.717) is 18.1 Å². The van der Waals surface area contributed by atoms with Crippen LogP contribution in [0, 0.1) is 5.82 Å². The van der Waals surface area contributed by atoms with Gasteiger partial charge in [-0.1, -0.05) is 0 Å². The van der Waals surface area contributed by atoms with Crippen LogP contribution in [0.25, 0.3) is 11.0 Å². The van der Waals surface area contributed by atoms with Crippen molar-refractivity contribution in [1.29, 1.82) is 0 Å². The number of imidazole rings is 1. The maximum absolute atomic E-state index is 13.4. The van der Waals surface area contributed by atoms with E-state index in [1.807, 2.05) is 16.4 Å². The lowest BCUT2D eigenvalue weighted by molar-refractivity contribution is -0.143. The molecule has 0 spiro atoms. The summed E-state index contributed by atoms with van der Waals surface area (Å²) in [6.07, 6.45) is 2.05. The van der Waals surface area contributed by atoms with Crippen LogP contribution in [-0.4, -0.2) is 37.6 Å². The first kappa shape index (κ1) is 15.0. The minimum atomic E-state index is -0.822.